The SMILES string of the molecule is CCc1c(NCC(C)C)cc(-c2csc(-c3ccncc3)n2)c(=O)n1Cc1ccc(OC)cc1. The molecule has 176 valence electrons. The molecule has 1 N–H and O–H groups in total. The lowest BCUT2D eigenvalue weighted by atomic mass is 10.1. The zero-order valence-corrected chi connectivity index (χ0v) is 20.9. The van der Waals surface area contributed by atoms with E-state index in [1.54, 1.807) is 19.5 Å². The average molecular weight is 475 g/mol. The number of aromatic nitrogens is 3. The van der Waals surface area contributed by atoms with Crippen molar-refractivity contribution in [2.75, 3.05) is 19.0 Å². The van der Waals surface area contributed by atoms with Gasteiger partial charge in [-0.25, -0.2) is 4.98 Å². The normalized spacial score (nSPS) is 11.1. The van der Waals surface area contributed by atoms with Crippen LogP contribution in [-0.4, -0.2) is 28.2 Å². The van der Waals surface area contributed by atoms with E-state index in [-0.39, 0.29) is 5.56 Å². The predicted octanol–water partition coefficient (Wildman–Crippen LogP) is 5.72. The summed E-state index contributed by atoms with van der Waals surface area (Å²) in [6.07, 6.45) is 4.25. The van der Waals surface area contributed by atoms with Crippen LogP contribution in [0, 0.1) is 5.92 Å². The summed E-state index contributed by atoms with van der Waals surface area (Å²) in [4.78, 5) is 22.7. The number of ether oxygens (including phenoxy) is 1. The van der Waals surface area contributed by atoms with Crippen molar-refractivity contribution in [3.63, 3.8) is 0 Å². The highest BCUT2D eigenvalue weighted by atomic mass is 32.1. The van der Waals surface area contributed by atoms with Gasteiger partial charge >= 0.3 is 0 Å². The Labute approximate surface area is 204 Å². The summed E-state index contributed by atoms with van der Waals surface area (Å²) in [6, 6.07) is 13.7. The first-order chi connectivity index (χ1) is 16.5. The maximum absolute atomic E-state index is 13.8. The number of hydrogen-bond donors (Lipinski definition) is 1. The first-order valence-electron chi connectivity index (χ1n) is 11.5. The molecule has 3 heterocycles. The second-order valence-corrected chi connectivity index (χ2v) is 9.42. The molecule has 0 spiro atoms. The molecular formula is C27H30N4O2S. The van der Waals surface area contributed by atoms with Crippen molar-refractivity contribution in [1.82, 2.24) is 14.5 Å². The summed E-state index contributed by atoms with van der Waals surface area (Å²) in [5, 5.41) is 6.40. The van der Waals surface area contributed by atoms with E-state index in [1.165, 1.54) is 11.3 Å². The average Bonchev–Trinajstić information content (AvgIpc) is 3.35. The molecule has 0 fully saturated rings. The molecule has 0 unspecified atom stereocenters. The molecular weight excluding hydrogens is 444 g/mol. The van der Waals surface area contributed by atoms with Gasteiger partial charge in [-0.3, -0.25) is 9.78 Å². The van der Waals surface area contributed by atoms with Crippen LogP contribution < -0.4 is 15.6 Å². The lowest BCUT2D eigenvalue weighted by molar-refractivity contribution is 0.414. The number of hydrogen-bond acceptors (Lipinski definition) is 6. The zero-order valence-electron chi connectivity index (χ0n) is 20.0. The second-order valence-electron chi connectivity index (χ2n) is 8.56. The van der Waals surface area contributed by atoms with Gasteiger partial charge in [0.25, 0.3) is 5.56 Å². The van der Waals surface area contributed by atoms with Gasteiger partial charge in [0.1, 0.15) is 10.8 Å². The molecule has 0 bridgehead atoms. The molecule has 0 saturated carbocycles. The second kappa shape index (κ2) is 10.7. The van der Waals surface area contributed by atoms with Gasteiger partial charge in [-0.15, -0.1) is 11.3 Å². The van der Waals surface area contributed by atoms with E-state index in [0.717, 1.165) is 46.2 Å². The van der Waals surface area contributed by atoms with E-state index in [4.69, 9.17) is 9.72 Å². The Morgan fingerprint density at radius 2 is 1.85 bits per heavy atom. The van der Waals surface area contributed by atoms with Gasteiger partial charge in [-0.2, -0.15) is 0 Å². The maximum atomic E-state index is 13.8. The highest BCUT2D eigenvalue weighted by Gasteiger charge is 2.18. The Balaban J connectivity index is 1.81. The Kier molecular flexibility index (Phi) is 7.43. The highest BCUT2D eigenvalue weighted by Crippen LogP contribution is 2.29. The highest BCUT2D eigenvalue weighted by molar-refractivity contribution is 7.13. The first kappa shape index (κ1) is 23.7. The van der Waals surface area contributed by atoms with Gasteiger partial charge in [0, 0.05) is 35.6 Å². The van der Waals surface area contributed by atoms with Gasteiger partial charge in [-0.1, -0.05) is 32.9 Å². The lowest BCUT2D eigenvalue weighted by Gasteiger charge is -2.20. The van der Waals surface area contributed by atoms with Gasteiger partial charge < -0.3 is 14.6 Å². The van der Waals surface area contributed by atoms with Crippen molar-refractivity contribution in [1.29, 1.82) is 0 Å². The molecule has 0 aliphatic carbocycles. The van der Waals surface area contributed by atoms with E-state index < -0.39 is 0 Å². The third-order valence-electron chi connectivity index (χ3n) is 5.64. The molecule has 34 heavy (non-hydrogen) atoms. The third kappa shape index (κ3) is 5.20. The molecule has 1 aromatic carbocycles. The van der Waals surface area contributed by atoms with Crippen molar-refractivity contribution in [2.24, 2.45) is 5.92 Å². The van der Waals surface area contributed by atoms with Crippen LogP contribution in [0.2, 0.25) is 0 Å². The fourth-order valence-electron chi connectivity index (χ4n) is 3.84. The van der Waals surface area contributed by atoms with Crippen LogP contribution in [0.25, 0.3) is 21.8 Å². The smallest absolute Gasteiger partial charge is 0.260 e. The standard InChI is InChI=1S/C27H30N4O2S/c1-5-25-23(29-15-18(2)3)14-22(24-17-34-26(30-24)20-10-12-28-13-11-20)27(32)31(25)16-19-6-8-21(33-4)9-7-19/h6-14,17-18,29H,5,15-16H2,1-4H3. The summed E-state index contributed by atoms with van der Waals surface area (Å²) >= 11 is 1.53. The maximum Gasteiger partial charge on any atom is 0.260 e. The molecule has 0 atom stereocenters. The van der Waals surface area contributed by atoms with E-state index in [2.05, 4.69) is 31.1 Å². The number of pyridine rings is 2. The number of nitrogens with zero attached hydrogens (tertiary/aromatic N) is 3. The van der Waals surface area contributed by atoms with Crippen molar-refractivity contribution >= 4 is 17.0 Å². The van der Waals surface area contributed by atoms with Gasteiger partial charge in [0.15, 0.2) is 0 Å². The largest absolute Gasteiger partial charge is 0.497 e. The van der Waals surface area contributed by atoms with E-state index in [1.807, 2.05) is 52.4 Å². The minimum Gasteiger partial charge on any atom is -0.497 e. The van der Waals surface area contributed by atoms with Crippen LogP contribution >= 0.6 is 11.3 Å². The monoisotopic (exact) mass is 474 g/mol. The summed E-state index contributed by atoms with van der Waals surface area (Å²) < 4.78 is 7.17. The number of thiazole rings is 1. The van der Waals surface area contributed by atoms with Crippen LogP contribution in [0.3, 0.4) is 0 Å². The fraction of sp³-hybridized carbons (Fsp3) is 0.296. The predicted molar refractivity (Wildman–Crippen MR) is 140 cm³/mol. The minimum atomic E-state index is -0.0330. The van der Waals surface area contributed by atoms with Crippen molar-refractivity contribution in [3.8, 4) is 27.6 Å². The number of benzene rings is 1. The molecule has 0 amide bonds. The fourth-order valence-corrected chi connectivity index (χ4v) is 4.67. The Morgan fingerprint density at radius 1 is 1.12 bits per heavy atom. The molecule has 4 aromatic rings. The quantitative estimate of drug-likeness (QED) is 0.336. The third-order valence-corrected chi connectivity index (χ3v) is 6.54. The molecule has 3 aromatic heterocycles. The lowest BCUT2D eigenvalue weighted by Crippen LogP contribution is -2.27. The molecule has 6 nitrogen and oxygen atoms in total. The minimum absolute atomic E-state index is 0.0330. The van der Waals surface area contributed by atoms with Crippen LogP contribution in [0.15, 0.2) is 65.0 Å². The molecule has 4 rings (SSSR count). The number of methoxy groups -OCH3 is 1. The Hall–Kier alpha value is -3.45. The zero-order chi connectivity index (χ0) is 24.1. The van der Waals surface area contributed by atoms with Gasteiger partial charge in [-0.05, 0) is 48.2 Å². The molecule has 7 heteroatoms. The summed E-state index contributed by atoms with van der Waals surface area (Å²) in [5.74, 6) is 1.28. The molecule has 0 aliphatic rings. The van der Waals surface area contributed by atoms with Crippen LogP contribution in [0.5, 0.6) is 5.75 Å². The van der Waals surface area contributed by atoms with Crippen molar-refractivity contribution in [2.45, 2.75) is 33.7 Å². The van der Waals surface area contributed by atoms with Gasteiger partial charge in [0.2, 0.25) is 0 Å². The summed E-state index contributed by atoms with van der Waals surface area (Å²) in [7, 11) is 1.65. The Morgan fingerprint density at radius 3 is 2.50 bits per heavy atom. The van der Waals surface area contributed by atoms with Crippen molar-refractivity contribution < 1.29 is 4.74 Å². The topological polar surface area (TPSA) is 69.0 Å². The Bertz CT molecular complexity index is 1290. The van der Waals surface area contributed by atoms with Crippen molar-refractivity contribution in [3.05, 3.63) is 81.8 Å². The van der Waals surface area contributed by atoms with Crippen LogP contribution in [-0.2, 0) is 13.0 Å². The van der Waals surface area contributed by atoms with E-state index in [9.17, 15) is 4.79 Å². The molecule has 0 aliphatic heterocycles. The molecule has 0 radical (unpaired) electrons. The summed E-state index contributed by atoms with van der Waals surface area (Å²) in [6.45, 7) is 7.75. The van der Waals surface area contributed by atoms with Crippen LogP contribution in [0.4, 0.5) is 5.69 Å². The van der Waals surface area contributed by atoms with Gasteiger partial charge in [0.05, 0.1) is 30.6 Å². The molecule has 0 saturated heterocycles. The van der Waals surface area contributed by atoms with E-state index in [0.29, 0.717) is 23.7 Å². The number of nitrogens with one attached hydrogen (secondary N) is 1. The first-order valence-corrected chi connectivity index (χ1v) is 12.4. The number of anilines is 1. The summed E-state index contributed by atoms with van der Waals surface area (Å²) in [5.41, 5.74) is 5.28. The van der Waals surface area contributed by atoms with Crippen LogP contribution in [0.1, 0.15) is 32.0 Å². The number of rotatable bonds is 9. The van der Waals surface area contributed by atoms with E-state index >= 15 is 0 Å².